The maximum absolute atomic E-state index is 12.7. The third kappa shape index (κ3) is 7.51. The maximum Gasteiger partial charge on any atom is 0.185 e. The van der Waals surface area contributed by atoms with Gasteiger partial charge in [0, 0.05) is 30.9 Å². The number of unbranched alkanes of at least 4 members (excludes halogenated alkanes) is 2. The highest BCUT2D eigenvalue weighted by atomic mass is 16.1. The van der Waals surface area contributed by atoms with Crippen LogP contribution in [0.4, 0.5) is 5.69 Å². The van der Waals surface area contributed by atoms with Gasteiger partial charge in [0.1, 0.15) is 0 Å². The first kappa shape index (κ1) is 22.9. The van der Waals surface area contributed by atoms with Crippen LogP contribution >= 0.6 is 0 Å². The minimum absolute atomic E-state index is 0.0462. The number of carbonyl (C=O) groups is 1. The van der Waals surface area contributed by atoms with Crippen molar-refractivity contribution in [3.8, 4) is 0 Å². The van der Waals surface area contributed by atoms with Crippen molar-refractivity contribution >= 4 is 17.5 Å². The van der Waals surface area contributed by atoms with Gasteiger partial charge < -0.3 is 9.80 Å². The van der Waals surface area contributed by atoms with E-state index in [0.717, 1.165) is 30.8 Å². The van der Waals surface area contributed by atoms with Gasteiger partial charge in [0.25, 0.3) is 0 Å². The molecule has 2 aromatic rings. The van der Waals surface area contributed by atoms with E-state index in [1.807, 2.05) is 30.3 Å². The fourth-order valence-electron chi connectivity index (χ4n) is 3.35. The number of rotatable bonds is 12. The minimum Gasteiger partial charge on any atom is -0.372 e. The van der Waals surface area contributed by atoms with E-state index in [9.17, 15) is 4.79 Å². The van der Waals surface area contributed by atoms with E-state index in [-0.39, 0.29) is 5.78 Å². The molecule has 0 saturated carbocycles. The van der Waals surface area contributed by atoms with Gasteiger partial charge in [-0.3, -0.25) is 4.79 Å². The summed E-state index contributed by atoms with van der Waals surface area (Å²) in [5.41, 5.74) is 4.26. The van der Waals surface area contributed by atoms with Crippen molar-refractivity contribution in [1.82, 2.24) is 4.90 Å². The topological polar surface area (TPSA) is 23.6 Å². The van der Waals surface area contributed by atoms with E-state index in [4.69, 9.17) is 0 Å². The lowest BCUT2D eigenvalue weighted by molar-refractivity contribution is 0.104. The molecule has 0 fully saturated rings. The molecule has 0 unspecified atom stereocenters. The van der Waals surface area contributed by atoms with Crippen LogP contribution in [0.1, 0.15) is 61.0 Å². The van der Waals surface area contributed by atoms with E-state index in [0.29, 0.717) is 0 Å². The number of nitrogens with zero attached hydrogens (tertiary/aromatic N) is 2. The summed E-state index contributed by atoms with van der Waals surface area (Å²) in [6.45, 7) is 7.46. The first-order valence-corrected chi connectivity index (χ1v) is 10.8. The molecule has 0 N–H and O–H groups in total. The Balaban J connectivity index is 2.09. The van der Waals surface area contributed by atoms with E-state index < -0.39 is 0 Å². The van der Waals surface area contributed by atoms with E-state index >= 15 is 0 Å². The molecule has 0 spiro atoms. The predicted octanol–water partition coefficient (Wildman–Crippen LogP) is 6.05. The number of allylic oxidation sites excluding steroid dienone is 1. The minimum atomic E-state index is 0.0462. The molecule has 3 heteroatoms. The Morgan fingerprint density at radius 1 is 0.897 bits per heavy atom. The Morgan fingerprint density at radius 3 is 2.10 bits per heavy atom. The lowest BCUT2D eigenvalue weighted by atomic mass is 10.0. The third-order valence-corrected chi connectivity index (χ3v) is 5.04. The second-order valence-corrected chi connectivity index (χ2v) is 7.88. The number of hydrogen-bond donors (Lipinski definition) is 0. The van der Waals surface area contributed by atoms with Gasteiger partial charge in [0.15, 0.2) is 5.78 Å². The summed E-state index contributed by atoms with van der Waals surface area (Å²) >= 11 is 0. The van der Waals surface area contributed by atoms with Crippen LogP contribution in [-0.2, 0) is 6.54 Å². The molecule has 0 heterocycles. The molecule has 0 bridgehead atoms. The van der Waals surface area contributed by atoms with Crippen LogP contribution in [0, 0.1) is 0 Å². The molecule has 0 aromatic heterocycles. The number of benzene rings is 2. The van der Waals surface area contributed by atoms with Gasteiger partial charge in [0.05, 0.1) is 0 Å². The van der Waals surface area contributed by atoms with Crippen molar-refractivity contribution in [2.24, 2.45) is 0 Å². The highest BCUT2D eigenvalue weighted by molar-refractivity contribution is 6.07. The molecule has 0 radical (unpaired) electrons. The summed E-state index contributed by atoms with van der Waals surface area (Å²) in [6.07, 6.45) is 8.40. The van der Waals surface area contributed by atoms with Crippen molar-refractivity contribution in [3.05, 3.63) is 71.3 Å². The molecule has 0 aliphatic carbocycles. The maximum atomic E-state index is 12.7. The zero-order valence-corrected chi connectivity index (χ0v) is 18.5. The lowest BCUT2D eigenvalue weighted by Gasteiger charge is -2.24. The summed E-state index contributed by atoms with van der Waals surface area (Å²) in [4.78, 5) is 17.2. The van der Waals surface area contributed by atoms with Crippen molar-refractivity contribution in [2.45, 2.75) is 46.1 Å². The third-order valence-electron chi connectivity index (χ3n) is 5.04. The summed E-state index contributed by atoms with van der Waals surface area (Å²) in [5.74, 6) is 0.0462. The quantitative estimate of drug-likeness (QED) is 0.324. The molecule has 0 saturated heterocycles. The van der Waals surface area contributed by atoms with E-state index in [1.54, 1.807) is 6.08 Å². The second kappa shape index (κ2) is 12.2. The van der Waals surface area contributed by atoms with Gasteiger partial charge >= 0.3 is 0 Å². The van der Waals surface area contributed by atoms with Gasteiger partial charge in [-0.15, -0.1) is 0 Å². The van der Waals surface area contributed by atoms with Gasteiger partial charge in [-0.25, -0.2) is 0 Å². The van der Waals surface area contributed by atoms with Crippen molar-refractivity contribution in [2.75, 3.05) is 32.1 Å². The fourth-order valence-corrected chi connectivity index (χ4v) is 3.35. The monoisotopic (exact) mass is 392 g/mol. The molecule has 0 atom stereocenters. The van der Waals surface area contributed by atoms with Crippen LogP contribution in [0.15, 0.2) is 54.6 Å². The molecule has 0 amide bonds. The molecule has 0 aliphatic heterocycles. The largest absolute Gasteiger partial charge is 0.372 e. The Labute approximate surface area is 177 Å². The SMILES string of the molecule is CCCCN(CCCC)c1ccc(C(=O)C=Cc2ccccc2CN(C)C)cc1. The molecule has 0 aliphatic rings. The smallest absolute Gasteiger partial charge is 0.185 e. The number of ketones is 1. The van der Waals surface area contributed by atoms with Crippen LogP contribution in [0.3, 0.4) is 0 Å². The summed E-state index contributed by atoms with van der Waals surface area (Å²) < 4.78 is 0. The standard InChI is InChI=1S/C26H36N2O/c1-5-7-19-28(20-8-6-2)25-16-13-23(14-17-25)26(29)18-15-22-11-9-10-12-24(22)21-27(3)4/h9-18H,5-8,19-21H2,1-4H3. The Morgan fingerprint density at radius 2 is 1.52 bits per heavy atom. The molecular formula is C26H36N2O. The Bertz CT molecular complexity index is 770. The van der Waals surface area contributed by atoms with Crippen molar-refractivity contribution in [3.63, 3.8) is 0 Å². The molecule has 2 aromatic carbocycles. The van der Waals surface area contributed by atoms with Crippen LogP contribution in [-0.4, -0.2) is 37.9 Å². The molecular weight excluding hydrogens is 356 g/mol. The second-order valence-electron chi connectivity index (χ2n) is 7.88. The van der Waals surface area contributed by atoms with Crippen LogP contribution < -0.4 is 4.90 Å². The molecule has 156 valence electrons. The first-order chi connectivity index (χ1) is 14.0. The van der Waals surface area contributed by atoms with E-state index in [1.165, 1.54) is 36.9 Å². The van der Waals surface area contributed by atoms with Crippen LogP contribution in [0.25, 0.3) is 6.08 Å². The predicted molar refractivity (Wildman–Crippen MR) is 126 cm³/mol. The highest BCUT2D eigenvalue weighted by Gasteiger charge is 2.08. The zero-order chi connectivity index (χ0) is 21.1. The average Bonchev–Trinajstić information content (AvgIpc) is 2.73. The van der Waals surface area contributed by atoms with Gasteiger partial charge in [-0.2, -0.15) is 0 Å². The normalized spacial score (nSPS) is 11.3. The van der Waals surface area contributed by atoms with Gasteiger partial charge in [-0.1, -0.05) is 57.0 Å². The lowest BCUT2D eigenvalue weighted by Crippen LogP contribution is -2.25. The summed E-state index contributed by atoms with van der Waals surface area (Å²) in [7, 11) is 4.11. The Kier molecular flexibility index (Phi) is 9.66. The number of anilines is 1. The van der Waals surface area contributed by atoms with Gasteiger partial charge in [-0.05, 0) is 68.4 Å². The number of hydrogen-bond acceptors (Lipinski definition) is 3. The van der Waals surface area contributed by atoms with Crippen LogP contribution in [0.5, 0.6) is 0 Å². The van der Waals surface area contributed by atoms with Crippen molar-refractivity contribution < 1.29 is 4.79 Å². The molecule has 2 rings (SSSR count). The van der Waals surface area contributed by atoms with Crippen LogP contribution in [0.2, 0.25) is 0 Å². The summed E-state index contributed by atoms with van der Waals surface area (Å²) in [6, 6.07) is 16.3. The average molecular weight is 393 g/mol. The first-order valence-electron chi connectivity index (χ1n) is 10.8. The molecule has 3 nitrogen and oxygen atoms in total. The van der Waals surface area contributed by atoms with Crippen molar-refractivity contribution in [1.29, 1.82) is 0 Å². The zero-order valence-electron chi connectivity index (χ0n) is 18.5. The summed E-state index contributed by atoms with van der Waals surface area (Å²) in [5, 5.41) is 0. The number of carbonyl (C=O) groups excluding carboxylic acids is 1. The fraction of sp³-hybridized carbons (Fsp3) is 0.423. The molecule has 29 heavy (non-hydrogen) atoms. The van der Waals surface area contributed by atoms with Gasteiger partial charge in [0.2, 0.25) is 0 Å². The Hall–Kier alpha value is -2.39. The highest BCUT2D eigenvalue weighted by Crippen LogP contribution is 2.18. The van der Waals surface area contributed by atoms with E-state index in [2.05, 4.69) is 62.0 Å².